The number of imide groups is 1. The first kappa shape index (κ1) is 16.7. The van der Waals surface area contributed by atoms with Crippen LogP contribution in [0.15, 0.2) is 12.1 Å². The Morgan fingerprint density at radius 2 is 1.57 bits per heavy atom. The number of rotatable bonds is 4. The molecule has 0 aromatic heterocycles. The van der Waals surface area contributed by atoms with Crippen LogP contribution in [-0.2, 0) is 0 Å². The van der Waals surface area contributed by atoms with Gasteiger partial charge in [0.15, 0.2) is 0 Å². The van der Waals surface area contributed by atoms with Crippen LogP contribution in [0, 0.1) is 0 Å². The molecule has 0 N–H and O–H groups in total. The van der Waals surface area contributed by atoms with Crippen molar-refractivity contribution in [3.63, 3.8) is 0 Å². The van der Waals surface area contributed by atoms with E-state index in [-0.39, 0.29) is 29.0 Å². The number of hydrogen-bond donors (Lipinski definition) is 0. The molecule has 0 spiro atoms. The van der Waals surface area contributed by atoms with E-state index in [1.54, 1.807) is 12.1 Å². The third-order valence-corrected chi connectivity index (χ3v) is 5.35. The van der Waals surface area contributed by atoms with E-state index in [4.69, 9.17) is 23.2 Å². The summed E-state index contributed by atoms with van der Waals surface area (Å²) in [6, 6.07) is 3.09. The fourth-order valence-electron chi connectivity index (χ4n) is 3.42. The van der Waals surface area contributed by atoms with Gasteiger partial charge in [0.25, 0.3) is 11.8 Å². The normalized spacial score (nSPS) is 19.5. The van der Waals surface area contributed by atoms with Crippen LogP contribution in [0.5, 0.6) is 0 Å². The van der Waals surface area contributed by atoms with Gasteiger partial charge in [0.2, 0.25) is 0 Å². The summed E-state index contributed by atoms with van der Waals surface area (Å²) in [6.07, 6.45) is 3.98. The van der Waals surface area contributed by atoms with Gasteiger partial charge in [-0.05, 0) is 37.9 Å². The molecule has 0 saturated carbocycles. The number of halogens is 2. The molecule has 0 unspecified atom stereocenters. The van der Waals surface area contributed by atoms with Gasteiger partial charge in [-0.2, -0.15) is 0 Å². The molecule has 2 aliphatic heterocycles. The molecule has 1 fully saturated rings. The van der Waals surface area contributed by atoms with Crippen LogP contribution in [0.2, 0.25) is 10.0 Å². The van der Waals surface area contributed by atoms with Crippen molar-refractivity contribution in [3.05, 3.63) is 33.3 Å². The highest BCUT2D eigenvalue weighted by Gasteiger charge is 2.43. The van der Waals surface area contributed by atoms with Crippen LogP contribution in [0.3, 0.4) is 0 Å². The van der Waals surface area contributed by atoms with E-state index in [1.807, 2.05) is 0 Å². The van der Waals surface area contributed by atoms with E-state index in [1.165, 1.54) is 17.7 Å². The Bertz CT molecular complexity index is 599. The number of carbonyl (C=O) groups excluding carboxylic acids is 2. The number of benzene rings is 1. The zero-order valence-electron chi connectivity index (χ0n) is 13.1. The first-order valence-electron chi connectivity index (χ1n) is 8.12. The van der Waals surface area contributed by atoms with Crippen LogP contribution in [0.1, 0.15) is 53.3 Å². The minimum atomic E-state index is -0.301. The smallest absolute Gasteiger partial charge is 0.263 e. The quantitative estimate of drug-likeness (QED) is 0.771. The van der Waals surface area contributed by atoms with Crippen molar-refractivity contribution in [2.45, 2.75) is 38.6 Å². The fourth-order valence-corrected chi connectivity index (χ4v) is 3.89. The molecule has 0 aliphatic carbocycles. The van der Waals surface area contributed by atoms with Gasteiger partial charge in [0.05, 0.1) is 21.2 Å². The molecule has 1 aromatic carbocycles. The summed E-state index contributed by atoms with van der Waals surface area (Å²) in [5.41, 5.74) is 0.523. The SMILES string of the molecule is CCCCN1CCC(N2C(=O)c3c(Cl)ccc(Cl)c3C2=O)CC1. The Morgan fingerprint density at radius 1 is 1.04 bits per heavy atom. The van der Waals surface area contributed by atoms with Gasteiger partial charge in [0.1, 0.15) is 0 Å². The summed E-state index contributed by atoms with van der Waals surface area (Å²) in [6.45, 7) is 5.10. The second-order valence-corrected chi connectivity index (χ2v) is 7.00. The Hall–Kier alpha value is -1.10. The molecule has 23 heavy (non-hydrogen) atoms. The molecule has 3 rings (SSSR count). The number of amides is 2. The molecule has 0 radical (unpaired) electrons. The summed E-state index contributed by atoms with van der Waals surface area (Å²) in [4.78, 5) is 29.1. The molecule has 4 nitrogen and oxygen atoms in total. The lowest BCUT2D eigenvalue weighted by molar-refractivity contribution is 0.0502. The highest BCUT2D eigenvalue weighted by Crippen LogP contribution is 2.36. The Balaban J connectivity index is 1.76. The maximum Gasteiger partial charge on any atom is 0.263 e. The summed E-state index contributed by atoms with van der Waals surface area (Å²) in [5.74, 6) is -0.603. The van der Waals surface area contributed by atoms with Crippen molar-refractivity contribution < 1.29 is 9.59 Å². The highest BCUT2D eigenvalue weighted by molar-refractivity contribution is 6.41. The average molecular weight is 355 g/mol. The monoisotopic (exact) mass is 354 g/mol. The maximum absolute atomic E-state index is 12.7. The van der Waals surface area contributed by atoms with Gasteiger partial charge < -0.3 is 4.90 Å². The molecule has 2 aliphatic rings. The van der Waals surface area contributed by atoms with Gasteiger partial charge in [-0.15, -0.1) is 0 Å². The van der Waals surface area contributed by atoms with E-state index >= 15 is 0 Å². The third kappa shape index (κ3) is 3.00. The first-order valence-corrected chi connectivity index (χ1v) is 8.88. The van der Waals surface area contributed by atoms with Crippen LogP contribution < -0.4 is 0 Å². The lowest BCUT2D eigenvalue weighted by atomic mass is 10.0. The van der Waals surface area contributed by atoms with Gasteiger partial charge in [-0.25, -0.2) is 0 Å². The van der Waals surface area contributed by atoms with Crippen molar-refractivity contribution in [2.75, 3.05) is 19.6 Å². The number of hydrogen-bond acceptors (Lipinski definition) is 3. The van der Waals surface area contributed by atoms with Crippen molar-refractivity contribution in [2.24, 2.45) is 0 Å². The van der Waals surface area contributed by atoms with Crippen LogP contribution in [0.25, 0.3) is 0 Å². The zero-order valence-corrected chi connectivity index (χ0v) is 14.7. The van der Waals surface area contributed by atoms with E-state index in [2.05, 4.69) is 11.8 Å². The molecule has 6 heteroatoms. The molecule has 0 bridgehead atoms. The number of piperidine rings is 1. The second-order valence-electron chi connectivity index (χ2n) is 6.19. The molecule has 2 heterocycles. The Labute approximate surface area is 146 Å². The van der Waals surface area contributed by atoms with Crippen LogP contribution in [0.4, 0.5) is 0 Å². The molecule has 124 valence electrons. The summed E-state index contributed by atoms with van der Waals surface area (Å²) >= 11 is 12.2. The Morgan fingerprint density at radius 3 is 2.04 bits per heavy atom. The van der Waals surface area contributed by atoms with Crippen molar-refractivity contribution in [1.29, 1.82) is 0 Å². The van der Waals surface area contributed by atoms with Crippen molar-refractivity contribution in [3.8, 4) is 0 Å². The van der Waals surface area contributed by atoms with Gasteiger partial charge in [-0.3, -0.25) is 14.5 Å². The predicted octanol–water partition coefficient (Wildman–Crippen LogP) is 3.85. The topological polar surface area (TPSA) is 40.6 Å². The van der Waals surface area contributed by atoms with Gasteiger partial charge in [-0.1, -0.05) is 36.5 Å². The third-order valence-electron chi connectivity index (χ3n) is 4.72. The number of likely N-dealkylation sites (tertiary alicyclic amines) is 1. The van der Waals surface area contributed by atoms with E-state index in [0.717, 1.165) is 32.5 Å². The molecule has 1 saturated heterocycles. The number of nitrogens with zero attached hydrogens (tertiary/aromatic N) is 2. The van der Waals surface area contributed by atoms with E-state index in [9.17, 15) is 9.59 Å². The minimum absolute atomic E-state index is 0.0626. The molecule has 1 aromatic rings. The molecular formula is C17H20Cl2N2O2. The zero-order chi connectivity index (χ0) is 16.6. The van der Waals surface area contributed by atoms with Crippen LogP contribution >= 0.6 is 23.2 Å². The maximum atomic E-state index is 12.7. The van der Waals surface area contributed by atoms with E-state index in [0.29, 0.717) is 10.0 Å². The van der Waals surface area contributed by atoms with E-state index < -0.39 is 0 Å². The summed E-state index contributed by atoms with van der Waals surface area (Å²) in [7, 11) is 0. The number of fused-ring (bicyclic) bond motifs is 1. The first-order chi connectivity index (χ1) is 11.0. The standard InChI is InChI=1S/C17H20Cl2N2O2/c1-2-3-8-20-9-6-11(7-10-20)21-16(22)14-12(18)4-5-13(19)15(14)17(21)23/h4-5,11H,2-3,6-10H2,1H3. The lowest BCUT2D eigenvalue weighted by Crippen LogP contribution is -2.47. The van der Waals surface area contributed by atoms with Crippen molar-refractivity contribution in [1.82, 2.24) is 9.80 Å². The van der Waals surface area contributed by atoms with Crippen LogP contribution in [-0.4, -0.2) is 47.3 Å². The number of unbranched alkanes of at least 4 members (excludes halogenated alkanes) is 1. The largest absolute Gasteiger partial charge is 0.303 e. The van der Waals surface area contributed by atoms with Crippen molar-refractivity contribution >= 4 is 35.0 Å². The highest BCUT2D eigenvalue weighted by atomic mass is 35.5. The predicted molar refractivity (Wildman–Crippen MR) is 91.3 cm³/mol. The summed E-state index contributed by atoms with van der Waals surface area (Å²) in [5, 5.41) is 0.594. The molecule has 0 atom stereocenters. The second kappa shape index (κ2) is 6.80. The molecule has 2 amide bonds. The average Bonchev–Trinajstić information content (AvgIpc) is 2.82. The molecular weight excluding hydrogens is 335 g/mol. The fraction of sp³-hybridized carbons (Fsp3) is 0.529. The summed E-state index contributed by atoms with van der Waals surface area (Å²) < 4.78 is 0. The lowest BCUT2D eigenvalue weighted by Gasteiger charge is -2.35. The number of carbonyl (C=O) groups is 2. The van der Waals surface area contributed by atoms with Gasteiger partial charge in [0, 0.05) is 19.1 Å². The minimum Gasteiger partial charge on any atom is -0.303 e. The Kier molecular flexibility index (Phi) is 4.95. The van der Waals surface area contributed by atoms with Gasteiger partial charge >= 0.3 is 0 Å².